The monoisotopic (exact) mass is 400 g/mol. The van der Waals surface area contributed by atoms with E-state index >= 15 is 0 Å². The van der Waals surface area contributed by atoms with Crippen LogP contribution in [0.15, 0.2) is 30.3 Å². The maximum Gasteiger partial charge on any atom is 0.255 e. The largest absolute Gasteiger partial charge is 0.493 e. The van der Waals surface area contributed by atoms with Gasteiger partial charge in [-0.2, -0.15) is 0 Å². The Morgan fingerprint density at radius 1 is 1.00 bits per heavy atom. The van der Waals surface area contributed by atoms with Crippen LogP contribution < -0.4 is 24.2 Å². The Bertz CT molecular complexity index is 867. The van der Waals surface area contributed by atoms with Crippen molar-refractivity contribution in [3.63, 3.8) is 0 Å². The summed E-state index contributed by atoms with van der Waals surface area (Å²) >= 11 is 5.91. The summed E-state index contributed by atoms with van der Waals surface area (Å²) in [6, 6.07) is 7.37. The van der Waals surface area contributed by atoms with E-state index in [1.165, 1.54) is 39.5 Å². The molecule has 0 aliphatic heterocycles. The Kier molecular flexibility index (Phi) is 6.53. The molecule has 0 heterocycles. The van der Waals surface area contributed by atoms with Crippen molar-refractivity contribution in [2.24, 2.45) is 0 Å². The Hall–Kier alpha value is -2.65. The van der Waals surface area contributed by atoms with Crippen LogP contribution in [0.1, 0.15) is 10.4 Å². The predicted molar refractivity (Wildman–Crippen MR) is 99.4 cm³/mol. The molecule has 0 aromatic heterocycles. The molecule has 1 amide bonds. The first-order valence-electron chi connectivity index (χ1n) is 7.21. The first-order chi connectivity index (χ1) is 12.4. The van der Waals surface area contributed by atoms with Gasteiger partial charge in [-0.3, -0.25) is 9.52 Å². The highest BCUT2D eigenvalue weighted by atomic mass is 35.5. The zero-order valence-corrected chi connectivity index (χ0v) is 15.8. The average molecular weight is 401 g/mol. The van der Waals surface area contributed by atoms with Gasteiger partial charge in [-0.1, -0.05) is 11.6 Å². The number of anilines is 2. The smallest absolute Gasteiger partial charge is 0.255 e. The number of hydrogen-bond acceptors (Lipinski definition) is 6. The highest BCUT2D eigenvalue weighted by Crippen LogP contribution is 2.40. The van der Waals surface area contributed by atoms with E-state index in [0.717, 1.165) is 0 Å². The molecule has 2 aromatic carbocycles. The number of hydrogen-bond donors (Lipinski definition) is 3. The van der Waals surface area contributed by atoms with Crippen LogP contribution in [-0.4, -0.2) is 35.7 Å². The van der Waals surface area contributed by atoms with Crippen molar-refractivity contribution >= 4 is 39.8 Å². The van der Waals surface area contributed by atoms with Crippen molar-refractivity contribution in [1.82, 2.24) is 0 Å². The molecule has 0 unspecified atom stereocenters. The van der Waals surface area contributed by atoms with Crippen molar-refractivity contribution in [1.29, 1.82) is 0 Å². The number of carbonyl (C=O) groups excluding carboxylic acids is 1. The van der Waals surface area contributed by atoms with E-state index in [9.17, 15) is 13.2 Å². The molecular formula is C16H17ClN2O6S. The first-order valence-corrected chi connectivity index (χ1v) is 8.77. The van der Waals surface area contributed by atoms with Crippen molar-refractivity contribution < 1.29 is 27.4 Å². The van der Waals surface area contributed by atoms with Crippen molar-refractivity contribution in [3.8, 4) is 17.2 Å². The van der Waals surface area contributed by atoms with Crippen molar-refractivity contribution in [2.75, 3.05) is 31.4 Å². The van der Waals surface area contributed by atoms with Crippen LogP contribution in [0, 0.1) is 0 Å². The van der Waals surface area contributed by atoms with Gasteiger partial charge in [0.1, 0.15) is 0 Å². The molecule has 0 spiro atoms. The van der Waals surface area contributed by atoms with Crippen LogP contribution in [0.3, 0.4) is 0 Å². The summed E-state index contributed by atoms with van der Waals surface area (Å²) in [6.45, 7) is 0. The molecule has 10 heteroatoms. The van der Waals surface area contributed by atoms with Crippen LogP contribution in [0.4, 0.5) is 11.4 Å². The lowest BCUT2D eigenvalue weighted by Crippen LogP contribution is -2.13. The summed E-state index contributed by atoms with van der Waals surface area (Å²) in [5, 5.41) is 2.86. The second-order valence-electron chi connectivity index (χ2n) is 4.93. The maximum absolute atomic E-state index is 12.5. The van der Waals surface area contributed by atoms with Crippen molar-refractivity contribution in [3.05, 3.63) is 40.9 Å². The van der Waals surface area contributed by atoms with E-state index in [1.54, 1.807) is 12.1 Å². The van der Waals surface area contributed by atoms with Crippen molar-refractivity contribution in [2.45, 2.75) is 0 Å². The highest BCUT2D eigenvalue weighted by Gasteiger charge is 2.16. The highest BCUT2D eigenvalue weighted by molar-refractivity contribution is 7.73. The van der Waals surface area contributed by atoms with Gasteiger partial charge in [-0.15, -0.1) is 0 Å². The third kappa shape index (κ3) is 4.50. The fourth-order valence-electron chi connectivity index (χ4n) is 2.21. The Morgan fingerprint density at radius 2 is 1.62 bits per heavy atom. The molecule has 2 N–H and O–H groups in total. The number of thiol groups is 1. The van der Waals surface area contributed by atoms with E-state index in [-0.39, 0.29) is 16.3 Å². The van der Waals surface area contributed by atoms with E-state index in [0.29, 0.717) is 22.9 Å². The van der Waals surface area contributed by atoms with Gasteiger partial charge < -0.3 is 19.5 Å². The van der Waals surface area contributed by atoms with Gasteiger partial charge in [-0.05, 0) is 18.2 Å². The number of carbonyl (C=O) groups is 1. The maximum atomic E-state index is 12.5. The van der Waals surface area contributed by atoms with Gasteiger partial charge in [0.15, 0.2) is 11.5 Å². The number of benzene rings is 2. The van der Waals surface area contributed by atoms with E-state index in [2.05, 4.69) is 10.0 Å². The third-order valence-electron chi connectivity index (χ3n) is 3.36. The molecule has 2 aromatic rings. The summed E-state index contributed by atoms with van der Waals surface area (Å²) < 4.78 is 39.5. The van der Waals surface area contributed by atoms with Crippen LogP contribution in [0.2, 0.25) is 5.02 Å². The minimum Gasteiger partial charge on any atom is -0.493 e. The third-order valence-corrected chi connectivity index (χ3v) is 4.12. The Morgan fingerprint density at radius 3 is 2.12 bits per heavy atom. The molecular weight excluding hydrogens is 384 g/mol. The summed E-state index contributed by atoms with van der Waals surface area (Å²) in [5.41, 5.74) is 0.728. The molecule has 0 aliphatic rings. The molecule has 0 aliphatic carbocycles. The van der Waals surface area contributed by atoms with Gasteiger partial charge >= 0.3 is 0 Å². The number of nitrogens with one attached hydrogen (secondary N) is 2. The van der Waals surface area contributed by atoms with Gasteiger partial charge in [0.2, 0.25) is 16.6 Å². The van der Waals surface area contributed by atoms with Gasteiger partial charge in [0.05, 0.1) is 32.0 Å². The molecule has 8 nitrogen and oxygen atoms in total. The summed E-state index contributed by atoms with van der Waals surface area (Å²) in [4.78, 5) is 12.5. The average Bonchev–Trinajstić information content (AvgIpc) is 2.62. The Balaban J connectivity index is 2.32. The molecule has 0 saturated heterocycles. The fourth-order valence-corrected chi connectivity index (χ4v) is 2.82. The lowest BCUT2D eigenvalue weighted by Gasteiger charge is -2.15. The molecule has 0 fully saturated rings. The van der Waals surface area contributed by atoms with E-state index < -0.39 is 16.8 Å². The minimum absolute atomic E-state index is 0.111. The number of amides is 1. The van der Waals surface area contributed by atoms with Gasteiger partial charge in [-0.25, -0.2) is 8.42 Å². The quantitative estimate of drug-likeness (QED) is 0.617. The summed E-state index contributed by atoms with van der Waals surface area (Å²) in [6.07, 6.45) is 0. The zero-order chi connectivity index (χ0) is 19.3. The first kappa shape index (κ1) is 19.7. The van der Waals surface area contributed by atoms with Crippen LogP contribution >= 0.6 is 11.6 Å². The summed E-state index contributed by atoms with van der Waals surface area (Å²) in [7, 11) is 1.49. The predicted octanol–water partition coefficient (Wildman–Crippen LogP) is 2.56. The molecule has 140 valence electrons. The summed E-state index contributed by atoms with van der Waals surface area (Å²) in [5.74, 6) is 0.679. The zero-order valence-electron chi connectivity index (χ0n) is 14.2. The van der Waals surface area contributed by atoms with E-state index in [1.807, 2.05) is 0 Å². The molecule has 0 bridgehead atoms. The SMILES string of the molecule is COc1cc(NC(=O)c2ccc(Cl)c(N[SH](=O)=O)c2)cc(OC)c1OC. The van der Waals surface area contributed by atoms with E-state index in [4.69, 9.17) is 25.8 Å². The number of halogens is 1. The topological polar surface area (TPSA) is 103 Å². The molecule has 0 saturated carbocycles. The molecule has 2 rings (SSSR count). The fraction of sp³-hybridized carbons (Fsp3) is 0.188. The lowest BCUT2D eigenvalue weighted by atomic mass is 10.1. The second kappa shape index (κ2) is 8.63. The second-order valence-corrected chi connectivity index (χ2v) is 6.08. The van der Waals surface area contributed by atoms with Gasteiger partial charge in [0, 0.05) is 23.4 Å². The molecule has 0 atom stereocenters. The van der Waals surface area contributed by atoms with Crippen LogP contribution in [-0.2, 0) is 10.9 Å². The number of methoxy groups -OCH3 is 3. The minimum atomic E-state index is -2.90. The normalized spacial score (nSPS) is 10.3. The Labute approximate surface area is 157 Å². The molecule has 0 radical (unpaired) electrons. The van der Waals surface area contributed by atoms with Crippen LogP contribution in [0.5, 0.6) is 17.2 Å². The number of ether oxygens (including phenoxy) is 3. The van der Waals surface area contributed by atoms with Gasteiger partial charge in [0.25, 0.3) is 5.91 Å². The number of rotatable bonds is 7. The molecule has 26 heavy (non-hydrogen) atoms. The van der Waals surface area contributed by atoms with Crippen LogP contribution in [0.25, 0.3) is 0 Å². The lowest BCUT2D eigenvalue weighted by molar-refractivity contribution is 0.102. The standard InChI is InChI=1S/C16H17ClN2O6S/c1-23-13-7-10(8-14(24-2)15(13)25-3)18-16(20)9-4-5-11(17)12(6-9)19-26(21)22/h4-8,26H,1-3H3,(H,18,20)(H,19,21,22).